The van der Waals surface area contributed by atoms with Gasteiger partial charge in [0.15, 0.2) is 0 Å². The van der Waals surface area contributed by atoms with Crippen molar-refractivity contribution in [3.8, 4) is 5.75 Å². The van der Waals surface area contributed by atoms with Gasteiger partial charge in [-0.1, -0.05) is 60.9 Å². The average molecular weight is 563 g/mol. The number of rotatable bonds is 8. The molecular weight excluding hydrogens is 532 g/mol. The number of hydrazone groups is 1. The highest BCUT2D eigenvalue weighted by molar-refractivity contribution is 7.89. The van der Waals surface area contributed by atoms with Gasteiger partial charge in [-0.05, 0) is 60.9 Å². The van der Waals surface area contributed by atoms with E-state index in [1.165, 1.54) is 44.9 Å². The smallest absolute Gasteiger partial charge is 0.280 e. The molecule has 0 radical (unpaired) electrons. The van der Waals surface area contributed by atoms with E-state index in [9.17, 15) is 13.2 Å². The van der Waals surface area contributed by atoms with Crippen LogP contribution in [0.2, 0.25) is 0 Å². The van der Waals surface area contributed by atoms with Gasteiger partial charge < -0.3 is 4.74 Å². The number of aromatic nitrogens is 1. The summed E-state index contributed by atoms with van der Waals surface area (Å²) in [7, 11) is -0.425. The minimum Gasteiger partial charge on any atom is -0.497 e. The lowest BCUT2D eigenvalue weighted by atomic mass is 9.96. The number of anilines is 1. The van der Waals surface area contributed by atoms with Gasteiger partial charge in [-0.2, -0.15) is 14.4 Å². The molecule has 10 heteroatoms. The molecule has 39 heavy (non-hydrogen) atoms. The molecule has 4 aromatic rings. The number of carbonyl (C=O) groups is 1. The van der Waals surface area contributed by atoms with Crippen LogP contribution in [-0.2, 0) is 10.0 Å². The molecule has 3 aromatic carbocycles. The predicted octanol–water partition coefficient (Wildman–Crippen LogP) is 5.94. The zero-order valence-corrected chi connectivity index (χ0v) is 23.5. The maximum atomic E-state index is 13.7. The van der Waals surface area contributed by atoms with E-state index < -0.39 is 15.9 Å². The third-order valence-electron chi connectivity index (χ3n) is 6.95. The molecule has 1 aromatic heterocycles. The lowest BCUT2D eigenvalue weighted by molar-refractivity contribution is 0.0987. The molecular formula is C29H30N4O4S2. The van der Waals surface area contributed by atoms with Gasteiger partial charge in [0.2, 0.25) is 15.2 Å². The summed E-state index contributed by atoms with van der Waals surface area (Å²) >= 11 is 1.32. The van der Waals surface area contributed by atoms with Crippen molar-refractivity contribution in [3.63, 3.8) is 0 Å². The summed E-state index contributed by atoms with van der Waals surface area (Å²) in [6.45, 7) is 0. The Hall–Kier alpha value is -3.60. The van der Waals surface area contributed by atoms with E-state index >= 15 is 0 Å². The number of thiazole rings is 1. The number of hydrogen-bond donors (Lipinski definition) is 0. The van der Waals surface area contributed by atoms with Crippen LogP contribution in [-0.4, -0.2) is 50.0 Å². The Balaban J connectivity index is 1.45. The Morgan fingerprint density at radius 2 is 1.74 bits per heavy atom. The summed E-state index contributed by atoms with van der Waals surface area (Å²) < 4.78 is 34.2. The number of carbonyl (C=O) groups excluding carboxylic acids is 1. The number of amides is 1. The van der Waals surface area contributed by atoms with E-state index in [0.29, 0.717) is 16.4 Å². The molecule has 1 aliphatic rings. The number of methoxy groups -OCH3 is 1. The summed E-state index contributed by atoms with van der Waals surface area (Å²) in [4.78, 5) is 18.5. The highest BCUT2D eigenvalue weighted by Crippen LogP contribution is 2.33. The van der Waals surface area contributed by atoms with Crippen LogP contribution in [0.3, 0.4) is 0 Å². The molecule has 0 unspecified atom stereocenters. The molecule has 202 valence electrons. The Morgan fingerprint density at radius 3 is 2.44 bits per heavy atom. The summed E-state index contributed by atoms with van der Waals surface area (Å²) in [6.07, 6.45) is 6.56. The number of ether oxygens (including phenoxy) is 1. The topological polar surface area (TPSA) is 92.2 Å². The first-order valence-electron chi connectivity index (χ1n) is 12.8. The van der Waals surface area contributed by atoms with Gasteiger partial charge in [0.1, 0.15) is 5.75 Å². The maximum absolute atomic E-state index is 13.7. The first kappa shape index (κ1) is 27.0. The van der Waals surface area contributed by atoms with Gasteiger partial charge >= 0.3 is 0 Å². The Kier molecular flexibility index (Phi) is 8.06. The molecule has 0 bridgehead atoms. The minimum atomic E-state index is -3.67. The van der Waals surface area contributed by atoms with E-state index in [0.717, 1.165) is 47.9 Å². The van der Waals surface area contributed by atoms with Crippen LogP contribution in [0.1, 0.15) is 48.0 Å². The largest absolute Gasteiger partial charge is 0.497 e. The lowest BCUT2D eigenvalue weighted by Crippen LogP contribution is -2.38. The third kappa shape index (κ3) is 5.88. The van der Waals surface area contributed by atoms with Gasteiger partial charge in [0, 0.05) is 18.7 Å². The maximum Gasteiger partial charge on any atom is 0.280 e. The van der Waals surface area contributed by atoms with Crippen LogP contribution in [0.15, 0.2) is 82.8 Å². The molecule has 1 amide bonds. The van der Waals surface area contributed by atoms with E-state index in [4.69, 9.17) is 4.74 Å². The van der Waals surface area contributed by atoms with Crippen molar-refractivity contribution in [1.29, 1.82) is 0 Å². The molecule has 0 saturated heterocycles. The Bertz CT molecular complexity index is 1580. The highest BCUT2D eigenvalue weighted by atomic mass is 32.2. The summed E-state index contributed by atoms with van der Waals surface area (Å²) in [6, 6.07) is 21.0. The standard InChI is InChI=1S/C29H30N4O4S2/c1-32(23-11-7-4-8-12-23)39(35,36)25-16-13-22(14-17-25)28(34)33(30-20-21-9-5-3-6-10-21)29-31-26-18-15-24(37-2)19-27(26)38-29/h3,5-6,9-10,13-20,23H,4,7-8,11-12H2,1-2H3/b30-20+. The first-order valence-corrected chi connectivity index (χ1v) is 15.1. The van der Waals surface area contributed by atoms with Crippen molar-refractivity contribution in [2.45, 2.75) is 43.0 Å². The van der Waals surface area contributed by atoms with Crippen molar-refractivity contribution in [3.05, 3.63) is 83.9 Å². The number of fused-ring (bicyclic) bond motifs is 1. The summed E-state index contributed by atoms with van der Waals surface area (Å²) in [5.41, 5.74) is 1.84. The summed E-state index contributed by atoms with van der Waals surface area (Å²) in [5.74, 6) is 0.274. The zero-order chi connectivity index (χ0) is 27.4. The quantitative estimate of drug-likeness (QED) is 0.196. The van der Waals surface area contributed by atoms with Crippen molar-refractivity contribution >= 4 is 48.8 Å². The molecule has 1 aliphatic carbocycles. The predicted molar refractivity (Wildman–Crippen MR) is 155 cm³/mol. The SMILES string of the molecule is COc1ccc2nc(N(/N=C/c3ccccc3)C(=O)c3ccc(S(=O)(=O)N(C)C4CCCCC4)cc3)sc2c1. The Labute approximate surface area is 232 Å². The van der Waals surface area contributed by atoms with Crippen molar-refractivity contribution in [2.75, 3.05) is 19.2 Å². The second-order valence-electron chi connectivity index (χ2n) is 9.44. The van der Waals surface area contributed by atoms with Crippen LogP contribution in [0.25, 0.3) is 10.2 Å². The van der Waals surface area contributed by atoms with Crippen LogP contribution in [0.5, 0.6) is 5.75 Å². The molecule has 0 N–H and O–H groups in total. The summed E-state index contributed by atoms with van der Waals surface area (Å²) in [5, 5.41) is 6.13. The number of benzene rings is 3. The van der Waals surface area contributed by atoms with Crippen molar-refractivity contribution in [2.24, 2.45) is 5.10 Å². The molecule has 1 saturated carbocycles. The van der Waals surface area contributed by atoms with Crippen LogP contribution in [0.4, 0.5) is 5.13 Å². The van der Waals surface area contributed by atoms with Gasteiger partial charge in [0.05, 0.1) is 28.4 Å². The lowest BCUT2D eigenvalue weighted by Gasteiger charge is -2.30. The van der Waals surface area contributed by atoms with Crippen LogP contribution < -0.4 is 9.75 Å². The van der Waals surface area contributed by atoms with Gasteiger partial charge in [0.25, 0.3) is 5.91 Å². The van der Waals surface area contributed by atoms with Gasteiger partial charge in [-0.25, -0.2) is 13.4 Å². The van der Waals surface area contributed by atoms with Gasteiger partial charge in [-0.15, -0.1) is 0 Å². The van der Waals surface area contributed by atoms with Crippen molar-refractivity contribution < 1.29 is 17.9 Å². The van der Waals surface area contributed by atoms with Gasteiger partial charge in [-0.3, -0.25) is 4.79 Å². The third-order valence-corrected chi connectivity index (χ3v) is 9.86. The molecule has 0 atom stereocenters. The van der Waals surface area contributed by atoms with E-state index in [2.05, 4.69) is 10.1 Å². The fraction of sp³-hybridized carbons (Fsp3) is 0.276. The molecule has 0 spiro atoms. The monoisotopic (exact) mass is 562 g/mol. The molecule has 1 fully saturated rings. The number of sulfonamides is 1. The Morgan fingerprint density at radius 1 is 1.03 bits per heavy atom. The fourth-order valence-electron chi connectivity index (χ4n) is 4.66. The van der Waals surface area contributed by atoms with Crippen molar-refractivity contribution in [1.82, 2.24) is 9.29 Å². The molecule has 1 heterocycles. The fourth-order valence-corrected chi connectivity index (χ4v) is 7.03. The first-order chi connectivity index (χ1) is 18.9. The highest BCUT2D eigenvalue weighted by Gasteiger charge is 2.29. The van der Waals surface area contributed by atoms with E-state index in [-0.39, 0.29) is 10.9 Å². The second-order valence-corrected chi connectivity index (χ2v) is 12.4. The minimum absolute atomic E-state index is 0.00512. The van der Waals surface area contributed by atoms with Crippen LogP contribution in [0, 0.1) is 0 Å². The second kappa shape index (κ2) is 11.6. The molecule has 8 nitrogen and oxygen atoms in total. The zero-order valence-electron chi connectivity index (χ0n) is 21.9. The van der Waals surface area contributed by atoms with E-state index in [1.54, 1.807) is 20.4 Å². The van der Waals surface area contributed by atoms with Crippen LogP contribution >= 0.6 is 11.3 Å². The normalized spacial score (nSPS) is 14.7. The molecule has 5 rings (SSSR count). The number of hydrogen-bond acceptors (Lipinski definition) is 7. The van der Waals surface area contributed by atoms with E-state index in [1.807, 2.05) is 48.5 Å². The number of nitrogens with zero attached hydrogens (tertiary/aromatic N) is 4. The average Bonchev–Trinajstić information content (AvgIpc) is 3.40. The molecule has 0 aliphatic heterocycles.